The molecule has 0 saturated carbocycles. The summed E-state index contributed by atoms with van der Waals surface area (Å²) in [5.41, 5.74) is 0.191. The molecule has 0 spiro atoms. The van der Waals surface area contributed by atoms with Gasteiger partial charge in [-0.25, -0.2) is 9.78 Å². The van der Waals surface area contributed by atoms with Gasteiger partial charge in [0, 0.05) is 6.20 Å². The molecule has 0 N–H and O–H groups in total. The predicted octanol–water partition coefficient (Wildman–Crippen LogP) is 2.04. The van der Waals surface area contributed by atoms with E-state index < -0.39 is 5.97 Å². The lowest BCUT2D eigenvalue weighted by Crippen LogP contribution is -2.08. The zero-order chi connectivity index (χ0) is 11.7. The first-order chi connectivity index (χ1) is 7.67. The third-order valence-corrected chi connectivity index (χ3v) is 3.02. The first-order valence-electron chi connectivity index (χ1n) is 4.47. The van der Waals surface area contributed by atoms with Crippen LogP contribution in [0.15, 0.2) is 6.20 Å². The highest BCUT2D eigenvalue weighted by atomic mass is 35.5. The zero-order valence-corrected chi connectivity index (χ0v) is 9.84. The molecule has 0 amide bonds. The SMILES string of the molecule is CCOC(=O)c1nc2sc(Cl)cn2c1C=O. The smallest absolute Gasteiger partial charge is 0.359 e. The average Bonchev–Trinajstić information content (AvgIpc) is 2.73. The lowest BCUT2D eigenvalue weighted by atomic mass is 10.3. The normalized spacial score (nSPS) is 10.6. The fraction of sp³-hybridized carbons (Fsp3) is 0.222. The monoisotopic (exact) mass is 258 g/mol. The number of aldehydes is 1. The van der Waals surface area contributed by atoms with Crippen LogP contribution in [0.3, 0.4) is 0 Å². The van der Waals surface area contributed by atoms with Gasteiger partial charge in [0.25, 0.3) is 0 Å². The summed E-state index contributed by atoms with van der Waals surface area (Å²) in [6.07, 6.45) is 2.11. The highest BCUT2D eigenvalue weighted by molar-refractivity contribution is 7.20. The second-order valence-corrected chi connectivity index (χ2v) is 4.51. The van der Waals surface area contributed by atoms with Gasteiger partial charge in [-0.2, -0.15) is 0 Å². The second-order valence-electron chi connectivity index (χ2n) is 2.87. The zero-order valence-electron chi connectivity index (χ0n) is 8.27. The van der Waals surface area contributed by atoms with Crippen LogP contribution in [0.2, 0.25) is 4.34 Å². The number of carbonyl (C=O) groups is 2. The Balaban J connectivity index is 2.57. The summed E-state index contributed by atoms with van der Waals surface area (Å²) in [5.74, 6) is -0.600. The van der Waals surface area contributed by atoms with Crippen molar-refractivity contribution in [1.29, 1.82) is 0 Å². The minimum atomic E-state index is -0.600. The molecule has 16 heavy (non-hydrogen) atoms. The number of carbonyl (C=O) groups excluding carboxylic acids is 2. The van der Waals surface area contributed by atoms with Crippen molar-refractivity contribution in [2.75, 3.05) is 6.61 Å². The van der Waals surface area contributed by atoms with E-state index in [1.54, 1.807) is 13.1 Å². The Hall–Kier alpha value is -1.40. The molecule has 0 saturated heterocycles. The number of imidazole rings is 1. The van der Waals surface area contributed by atoms with Crippen molar-refractivity contribution in [1.82, 2.24) is 9.38 Å². The standard InChI is InChI=1S/C9H7ClN2O3S/c1-2-15-8(14)7-5(4-13)12-3-6(10)16-9(12)11-7/h3-4H,2H2,1H3. The third kappa shape index (κ3) is 1.70. The van der Waals surface area contributed by atoms with Crippen molar-refractivity contribution in [3.63, 3.8) is 0 Å². The summed E-state index contributed by atoms with van der Waals surface area (Å²) in [4.78, 5) is 26.9. The maximum absolute atomic E-state index is 11.5. The minimum Gasteiger partial charge on any atom is -0.461 e. The predicted molar refractivity (Wildman–Crippen MR) is 59.4 cm³/mol. The summed E-state index contributed by atoms with van der Waals surface area (Å²) >= 11 is 6.96. The van der Waals surface area contributed by atoms with Gasteiger partial charge in [0.15, 0.2) is 16.9 Å². The van der Waals surface area contributed by atoms with Gasteiger partial charge in [0.1, 0.15) is 10.0 Å². The molecule has 7 heteroatoms. The van der Waals surface area contributed by atoms with E-state index in [0.29, 0.717) is 15.6 Å². The summed E-state index contributed by atoms with van der Waals surface area (Å²) in [6.45, 7) is 1.93. The van der Waals surface area contributed by atoms with E-state index in [1.807, 2.05) is 0 Å². The van der Waals surface area contributed by atoms with Gasteiger partial charge in [0.05, 0.1) is 6.61 Å². The van der Waals surface area contributed by atoms with E-state index >= 15 is 0 Å². The van der Waals surface area contributed by atoms with Gasteiger partial charge in [0.2, 0.25) is 0 Å². The Labute approximate surface area is 99.6 Å². The van der Waals surface area contributed by atoms with Crippen molar-refractivity contribution >= 4 is 40.2 Å². The Morgan fingerprint density at radius 1 is 1.75 bits per heavy atom. The first kappa shape index (κ1) is 11.1. The molecule has 0 aliphatic carbocycles. The van der Waals surface area contributed by atoms with Crippen molar-refractivity contribution in [2.24, 2.45) is 0 Å². The summed E-state index contributed by atoms with van der Waals surface area (Å²) in [5, 5.41) is 0. The third-order valence-electron chi connectivity index (χ3n) is 1.92. The van der Waals surface area contributed by atoms with Crippen LogP contribution < -0.4 is 0 Å². The maximum atomic E-state index is 11.5. The quantitative estimate of drug-likeness (QED) is 0.624. The van der Waals surface area contributed by atoms with Gasteiger partial charge in [-0.3, -0.25) is 9.20 Å². The number of aromatic nitrogens is 2. The molecule has 0 atom stereocenters. The summed E-state index contributed by atoms with van der Waals surface area (Å²) in [6, 6.07) is 0. The van der Waals surface area contributed by atoms with Crippen LogP contribution in [-0.4, -0.2) is 28.2 Å². The maximum Gasteiger partial charge on any atom is 0.359 e. The molecule has 5 nitrogen and oxygen atoms in total. The molecular weight excluding hydrogens is 252 g/mol. The van der Waals surface area contributed by atoms with Gasteiger partial charge in [-0.15, -0.1) is 0 Å². The molecular formula is C9H7ClN2O3S. The fourth-order valence-corrected chi connectivity index (χ4v) is 2.32. The molecule has 2 aromatic rings. The van der Waals surface area contributed by atoms with E-state index in [0.717, 1.165) is 0 Å². The highest BCUT2D eigenvalue weighted by Gasteiger charge is 2.20. The molecule has 2 aromatic heterocycles. The van der Waals surface area contributed by atoms with Crippen molar-refractivity contribution < 1.29 is 14.3 Å². The van der Waals surface area contributed by atoms with E-state index in [2.05, 4.69) is 4.98 Å². The number of hydrogen-bond donors (Lipinski definition) is 0. The van der Waals surface area contributed by atoms with Gasteiger partial charge < -0.3 is 4.74 Å². The molecule has 0 aliphatic heterocycles. The minimum absolute atomic E-state index is 0.0276. The van der Waals surface area contributed by atoms with E-state index in [4.69, 9.17) is 16.3 Å². The van der Waals surface area contributed by atoms with Crippen LogP contribution in [0.25, 0.3) is 4.96 Å². The molecule has 0 fully saturated rings. The first-order valence-corrected chi connectivity index (χ1v) is 5.66. The van der Waals surface area contributed by atoms with Crippen molar-refractivity contribution in [2.45, 2.75) is 6.92 Å². The van der Waals surface area contributed by atoms with Crippen LogP contribution in [0.4, 0.5) is 0 Å². The number of ether oxygens (including phenoxy) is 1. The number of fused-ring (bicyclic) bond motifs is 1. The van der Waals surface area contributed by atoms with Crippen LogP contribution in [0, 0.1) is 0 Å². The number of esters is 1. The number of hydrogen-bond acceptors (Lipinski definition) is 5. The lowest BCUT2D eigenvalue weighted by Gasteiger charge is -1.97. The molecule has 0 radical (unpaired) electrons. The Bertz CT molecular complexity index is 560. The fourth-order valence-electron chi connectivity index (χ4n) is 1.30. The van der Waals surface area contributed by atoms with Gasteiger partial charge in [-0.05, 0) is 6.92 Å². The largest absolute Gasteiger partial charge is 0.461 e. The Morgan fingerprint density at radius 2 is 2.50 bits per heavy atom. The number of halogens is 1. The molecule has 84 valence electrons. The van der Waals surface area contributed by atoms with Gasteiger partial charge in [-0.1, -0.05) is 22.9 Å². The average molecular weight is 259 g/mol. The summed E-state index contributed by atoms with van der Waals surface area (Å²) < 4.78 is 6.78. The van der Waals surface area contributed by atoms with E-state index in [9.17, 15) is 9.59 Å². The molecule has 0 aromatic carbocycles. The molecule has 0 aliphatic rings. The molecule has 2 rings (SSSR count). The number of thiazole rings is 1. The summed E-state index contributed by atoms with van der Waals surface area (Å²) in [7, 11) is 0. The van der Waals surface area contributed by atoms with Crippen LogP contribution in [0.1, 0.15) is 27.9 Å². The Morgan fingerprint density at radius 3 is 3.12 bits per heavy atom. The van der Waals surface area contributed by atoms with Crippen molar-refractivity contribution in [3.8, 4) is 0 Å². The second kappa shape index (κ2) is 4.23. The molecule has 0 bridgehead atoms. The van der Waals surface area contributed by atoms with E-state index in [-0.39, 0.29) is 18.0 Å². The van der Waals surface area contributed by atoms with Crippen molar-refractivity contribution in [3.05, 3.63) is 21.9 Å². The van der Waals surface area contributed by atoms with Crippen LogP contribution >= 0.6 is 22.9 Å². The number of nitrogens with zero attached hydrogens (tertiary/aromatic N) is 2. The number of rotatable bonds is 3. The Kier molecular flexibility index (Phi) is 2.93. The molecule has 0 unspecified atom stereocenters. The van der Waals surface area contributed by atoms with E-state index in [1.165, 1.54) is 15.7 Å². The molecule has 2 heterocycles. The lowest BCUT2D eigenvalue weighted by molar-refractivity contribution is 0.0518. The van der Waals surface area contributed by atoms with Gasteiger partial charge >= 0.3 is 5.97 Å². The topological polar surface area (TPSA) is 60.7 Å². The highest BCUT2D eigenvalue weighted by Crippen LogP contribution is 2.24. The van der Waals surface area contributed by atoms with Crippen LogP contribution in [0.5, 0.6) is 0 Å². The van der Waals surface area contributed by atoms with Crippen LogP contribution in [-0.2, 0) is 4.74 Å².